The predicted molar refractivity (Wildman–Crippen MR) is 99.7 cm³/mol. The molecule has 0 unspecified atom stereocenters. The molecule has 3 atom stereocenters. The molecule has 2 heterocycles. The van der Waals surface area contributed by atoms with E-state index in [0.29, 0.717) is 30.0 Å². The van der Waals surface area contributed by atoms with Gasteiger partial charge in [0.1, 0.15) is 5.69 Å². The molecule has 3 aliphatic rings. The summed E-state index contributed by atoms with van der Waals surface area (Å²) in [5.41, 5.74) is 8.95. The van der Waals surface area contributed by atoms with Gasteiger partial charge in [0.05, 0.1) is 9.88 Å². The van der Waals surface area contributed by atoms with E-state index in [0.717, 1.165) is 22.0 Å². The summed E-state index contributed by atoms with van der Waals surface area (Å²) in [6.45, 7) is 3.51. The molecule has 5 rings (SSSR count). The molecule has 2 saturated carbocycles. The molecule has 2 aromatic rings. The van der Waals surface area contributed by atoms with Crippen LogP contribution >= 0.6 is 11.3 Å². The Morgan fingerprint density at radius 2 is 2.24 bits per heavy atom. The van der Waals surface area contributed by atoms with Crippen molar-refractivity contribution in [2.75, 3.05) is 13.1 Å². The van der Waals surface area contributed by atoms with Crippen molar-refractivity contribution in [2.24, 2.45) is 17.6 Å². The molecule has 2 N–H and O–H groups in total. The Bertz CT molecular complexity index is 841. The summed E-state index contributed by atoms with van der Waals surface area (Å²) in [5.74, 6) is 1.94. The van der Waals surface area contributed by atoms with Crippen LogP contribution in [-0.2, 0) is 0 Å². The van der Waals surface area contributed by atoms with E-state index in [2.05, 4.69) is 31.2 Å². The third-order valence-electron chi connectivity index (χ3n) is 5.86. The normalized spacial score (nSPS) is 27.4. The predicted octanol–water partition coefficient (Wildman–Crippen LogP) is 3.42. The SMILES string of the molecule is Cc1cccc(-c2sc(C3CC3)nc2C(=O)N2C[C@@H]3C[C@@H]3[C@H]2CN)c1. The van der Waals surface area contributed by atoms with Crippen molar-refractivity contribution < 1.29 is 4.79 Å². The van der Waals surface area contributed by atoms with Crippen molar-refractivity contribution in [1.29, 1.82) is 0 Å². The second-order valence-electron chi connectivity index (χ2n) is 7.79. The van der Waals surface area contributed by atoms with E-state index in [1.807, 2.05) is 4.90 Å². The summed E-state index contributed by atoms with van der Waals surface area (Å²) in [7, 11) is 0. The zero-order valence-corrected chi connectivity index (χ0v) is 15.3. The molecular formula is C20H23N3OS. The van der Waals surface area contributed by atoms with Gasteiger partial charge in [-0.3, -0.25) is 4.79 Å². The highest BCUT2D eigenvalue weighted by atomic mass is 32.1. The quantitative estimate of drug-likeness (QED) is 0.916. The van der Waals surface area contributed by atoms with E-state index < -0.39 is 0 Å². The lowest BCUT2D eigenvalue weighted by Crippen LogP contribution is -2.43. The molecule has 0 radical (unpaired) electrons. The Balaban J connectivity index is 1.54. The molecule has 0 bridgehead atoms. The van der Waals surface area contributed by atoms with Crippen molar-refractivity contribution in [3.05, 3.63) is 40.5 Å². The van der Waals surface area contributed by atoms with Gasteiger partial charge < -0.3 is 10.6 Å². The number of thiazole rings is 1. The highest BCUT2D eigenvalue weighted by molar-refractivity contribution is 7.15. The first-order chi connectivity index (χ1) is 12.2. The third kappa shape index (κ3) is 2.61. The van der Waals surface area contributed by atoms with Crippen molar-refractivity contribution >= 4 is 17.2 Å². The number of amides is 1. The summed E-state index contributed by atoms with van der Waals surface area (Å²) in [6.07, 6.45) is 3.64. The van der Waals surface area contributed by atoms with Gasteiger partial charge in [-0.1, -0.05) is 29.8 Å². The Kier molecular flexibility index (Phi) is 3.51. The van der Waals surface area contributed by atoms with Crippen LogP contribution in [-0.4, -0.2) is 34.9 Å². The highest BCUT2D eigenvalue weighted by Gasteiger charge is 2.53. The van der Waals surface area contributed by atoms with E-state index >= 15 is 0 Å². The van der Waals surface area contributed by atoms with Gasteiger partial charge in [-0.15, -0.1) is 11.3 Å². The monoisotopic (exact) mass is 353 g/mol. The average Bonchev–Trinajstić information content (AvgIpc) is 3.53. The molecular weight excluding hydrogens is 330 g/mol. The first-order valence-corrected chi connectivity index (χ1v) is 10.1. The molecule has 130 valence electrons. The number of nitrogens with two attached hydrogens (primary N) is 1. The van der Waals surface area contributed by atoms with Crippen LogP contribution in [0, 0.1) is 18.8 Å². The number of fused-ring (bicyclic) bond motifs is 1. The van der Waals surface area contributed by atoms with Crippen LogP contribution in [0.3, 0.4) is 0 Å². The van der Waals surface area contributed by atoms with E-state index in [-0.39, 0.29) is 11.9 Å². The number of carbonyl (C=O) groups is 1. The molecule has 25 heavy (non-hydrogen) atoms. The second kappa shape index (κ2) is 5.64. The number of hydrogen-bond donors (Lipinski definition) is 1. The summed E-state index contributed by atoms with van der Waals surface area (Å²) < 4.78 is 0. The number of carbonyl (C=O) groups excluding carboxylic acids is 1. The maximum atomic E-state index is 13.3. The third-order valence-corrected chi connectivity index (χ3v) is 7.13. The first kappa shape index (κ1) is 15.5. The smallest absolute Gasteiger partial charge is 0.274 e. The first-order valence-electron chi connectivity index (χ1n) is 9.24. The fourth-order valence-electron chi connectivity index (χ4n) is 4.21. The van der Waals surface area contributed by atoms with Crippen LogP contribution in [0.1, 0.15) is 46.2 Å². The second-order valence-corrected chi connectivity index (χ2v) is 8.82. The fraction of sp³-hybridized carbons (Fsp3) is 0.500. The molecule has 2 aliphatic carbocycles. The van der Waals surface area contributed by atoms with Crippen LogP contribution in [0.25, 0.3) is 10.4 Å². The molecule has 1 amide bonds. The summed E-state index contributed by atoms with van der Waals surface area (Å²) in [4.78, 5) is 21.2. The van der Waals surface area contributed by atoms with E-state index in [1.54, 1.807) is 11.3 Å². The molecule has 4 nitrogen and oxygen atoms in total. The molecule has 1 aromatic heterocycles. The Morgan fingerprint density at radius 1 is 1.40 bits per heavy atom. The minimum absolute atomic E-state index is 0.0855. The van der Waals surface area contributed by atoms with Gasteiger partial charge in [-0.2, -0.15) is 0 Å². The van der Waals surface area contributed by atoms with E-state index in [1.165, 1.54) is 24.8 Å². The zero-order valence-electron chi connectivity index (χ0n) is 14.4. The lowest BCUT2D eigenvalue weighted by Gasteiger charge is -2.26. The largest absolute Gasteiger partial charge is 0.332 e. The molecule has 1 aromatic carbocycles. The lowest BCUT2D eigenvalue weighted by atomic mass is 10.1. The minimum Gasteiger partial charge on any atom is -0.332 e. The number of rotatable bonds is 4. The van der Waals surface area contributed by atoms with Gasteiger partial charge in [-0.25, -0.2) is 4.98 Å². The minimum atomic E-state index is 0.0855. The number of nitrogens with zero attached hydrogens (tertiary/aromatic N) is 2. The topological polar surface area (TPSA) is 59.2 Å². The van der Waals surface area contributed by atoms with Crippen LogP contribution in [0.15, 0.2) is 24.3 Å². The zero-order chi connectivity index (χ0) is 17.1. The Morgan fingerprint density at radius 3 is 2.96 bits per heavy atom. The number of likely N-dealkylation sites (tertiary alicyclic amines) is 1. The van der Waals surface area contributed by atoms with Gasteiger partial charge in [0.25, 0.3) is 5.91 Å². The molecule has 0 spiro atoms. The van der Waals surface area contributed by atoms with Crippen LogP contribution in [0.2, 0.25) is 0 Å². The number of aryl methyl sites for hydroxylation is 1. The molecule has 1 saturated heterocycles. The van der Waals surface area contributed by atoms with Gasteiger partial charge >= 0.3 is 0 Å². The number of hydrogen-bond acceptors (Lipinski definition) is 4. The van der Waals surface area contributed by atoms with Gasteiger partial charge in [0, 0.05) is 25.0 Å². The van der Waals surface area contributed by atoms with Crippen molar-refractivity contribution in [3.63, 3.8) is 0 Å². The van der Waals surface area contributed by atoms with E-state index in [4.69, 9.17) is 10.7 Å². The fourth-order valence-corrected chi connectivity index (χ4v) is 5.43. The van der Waals surface area contributed by atoms with Crippen molar-refractivity contribution in [1.82, 2.24) is 9.88 Å². The highest BCUT2D eigenvalue weighted by Crippen LogP contribution is 2.50. The van der Waals surface area contributed by atoms with Crippen LogP contribution < -0.4 is 5.73 Å². The van der Waals surface area contributed by atoms with Gasteiger partial charge in [0.15, 0.2) is 0 Å². The lowest BCUT2D eigenvalue weighted by molar-refractivity contribution is 0.0707. The maximum absolute atomic E-state index is 13.3. The summed E-state index contributed by atoms with van der Waals surface area (Å²) in [5, 5.41) is 1.13. The number of benzene rings is 1. The van der Waals surface area contributed by atoms with Gasteiger partial charge in [0.2, 0.25) is 0 Å². The maximum Gasteiger partial charge on any atom is 0.274 e. The number of aromatic nitrogens is 1. The van der Waals surface area contributed by atoms with Crippen molar-refractivity contribution in [2.45, 2.75) is 38.1 Å². The number of piperidine rings is 1. The standard InChI is InChI=1S/C20H23N3OS/c1-11-3-2-4-13(7-11)18-17(22-19(25-18)12-5-6-12)20(24)23-10-14-8-15(14)16(23)9-21/h2-4,7,12,14-16H,5-6,8-10,21H2,1H3/t14-,15-,16+/m0/s1. The Labute approximate surface area is 152 Å². The van der Waals surface area contributed by atoms with Crippen molar-refractivity contribution in [3.8, 4) is 10.4 Å². The van der Waals surface area contributed by atoms with E-state index in [9.17, 15) is 4.79 Å². The molecule has 3 fully saturated rings. The van der Waals surface area contributed by atoms with Gasteiger partial charge in [-0.05, 0) is 43.6 Å². The Hall–Kier alpha value is -1.72. The summed E-state index contributed by atoms with van der Waals surface area (Å²) >= 11 is 1.71. The average molecular weight is 353 g/mol. The molecule has 1 aliphatic heterocycles. The molecule has 5 heteroatoms. The van der Waals surface area contributed by atoms with Crippen LogP contribution in [0.5, 0.6) is 0 Å². The van der Waals surface area contributed by atoms with Crippen LogP contribution in [0.4, 0.5) is 0 Å². The summed E-state index contributed by atoms with van der Waals surface area (Å²) in [6, 6.07) is 8.60.